The molecule has 0 bridgehead atoms. The van der Waals surface area contributed by atoms with Crippen molar-refractivity contribution in [2.45, 2.75) is 20.4 Å². The number of nitrogens with two attached hydrogens (primary N) is 1. The number of benzene rings is 4. The lowest BCUT2D eigenvalue weighted by molar-refractivity contribution is 0.100. The third-order valence-electron chi connectivity index (χ3n) is 6.31. The van der Waals surface area contributed by atoms with Gasteiger partial charge in [-0.15, -0.1) is 0 Å². The van der Waals surface area contributed by atoms with Crippen LogP contribution in [-0.2, 0) is 6.54 Å². The average molecular weight is 405 g/mol. The topological polar surface area (TPSA) is 48.0 Å². The lowest BCUT2D eigenvalue weighted by Crippen LogP contribution is -2.11. The maximum Gasteiger partial charge on any atom is 0.249 e. The van der Waals surface area contributed by atoms with Crippen LogP contribution >= 0.6 is 0 Å². The molecule has 2 N–H and O–H groups in total. The highest BCUT2D eigenvalue weighted by molar-refractivity contribution is 6.18. The number of fused-ring (bicyclic) bond motifs is 3. The molecule has 5 aromatic rings. The average Bonchev–Trinajstić information content (AvgIpc) is 3.10. The minimum Gasteiger partial charge on any atom is -0.366 e. The van der Waals surface area contributed by atoms with E-state index in [2.05, 4.69) is 85.1 Å². The molecule has 0 aliphatic heterocycles. The van der Waals surface area contributed by atoms with E-state index in [1.54, 1.807) is 0 Å². The molecule has 0 saturated heterocycles. The fourth-order valence-corrected chi connectivity index (χ4v) is 4.48. The van der Waals surface area contributed by atoms with Crippen molar-refractivity contribution in [3.63, 3.8) is 0 Å². The highest BCUT2D eigenvalue weighted by atomic mass is 16.1. The highest BCUT2D eigenvalue weighted by Gasteiger charge is 2.17. The quantitative estimate of drug-likeness (QED) is 0.379. The molecule has 152 valence electrons. The van der Waals surface area contributed by atoms with Gasteiger partial charge in [-0.1, -0.05) is 66.7 Å². The van der Waals surface area contributed by atoms with Gasteiger partial charge >= 0.3 is 0 Å². The second kappa shape index (κ2) is 7.44. The van der Waals surface area contributed by atoms with Crippen LogP contribution < -0.4 is 5.73 Å². The molecule has 0 aliphatic rings. The van der Waals surface area contributed by atoms with Gasteiger partial charge in [0.2, 0.25) is 5.91 Å². The number of rotatable bonds is 4. The predicted octanol–water partition coefficient (Wildman–Crippen LogP) is 6.23. The van der Waals surface area contributed by atoms with E-state index >= 15 is 0 Å². The van der Waals surface area contributed by atoms with Gasteiger partial charge in [0.1, 0.15) is 0 Å². The summed E-state index contributed by atoms with van der Waals surface area (Å²) in [6.07, 6.45) is 0. The van der Waals surface area contributed by atoms with Crippen molar-refractivity contribution in [1.82, 2.24) is 4.57 Å². The van der Waals surface area contributed by atoms with E-state index < -0.39 is 5.91 Å². The second-order valence-electron chi connectivity index (χ2n) is 8.11. The molecule has 3 heteroatoms. The number of aryl methyl sites for hydroxylation is 1. The van der Waals surface area contributed by atoms with E-state index in [0.717, 1.165) is 33.9 Å². The van der Waals surface area contributed by atoms with Crippen LogP contribution in [0.2, 0.25) is 0 Å². The van der Waals surface area contributed by atoms with Crippen molar-refractivity contribution in [2.24, 2.45) is 5.73 Å². The summed E-state index contributed by atoms with van der Waals surface area (Å²) < 4.78 is 2.31. The SMILES string of the molecule is Cc1cccc(Cn2c3cc(-c4ccccc4)ccc3c3c(C(N)=O)cccc32)c1C. The molecule has 0 saturated carbocycles. The second-order valence-corrected chi connectivity index (χ2v) is 8.11. The number of hydrogen-bond acceptors (Lipinski definition) is 1. The zero-order chi connectivity index (χ0) is 21.5. The van der Waals surface area contributed by atoms with Gasteiger partial charge in [-0.25, -0.2) is 0 Å². The normalized spacial score (nSPS) is 11.3. The first-order chi connectivity index (χ1) is 15.0. The molecule has 0 spiro atoms. The maximum atomic E-state index is 12.2. The van der Waals surface area contributed by atoms with Crippen molar-refractivity contribution in [3.8, 4) is 11.1 Å². The first-order valence-electron chi connectivity index (χ1n) is 10.5. The van der Waals surface area contributed by atoms with Gasteiger partial charge < -0.3 is 10.3 Å². The van der Waals surface area contributed by atoms with Crippen molar-refractivity contribution >= 4 is 27.7 Å². The zero-order valence-corrected chi connectivity index (χ0v) is 17.7. The monoisotopic (exact) mass is 404 g/mol. The van der Waals surface area contributed by atoms with Crippen LogP contribution in [0.1, 0.15) is 27.0 Å². The Hall–Kier alpha value is -3.85. The standard InChI is InChI=1S/C28H24N2O/c1-18-8-6-11-22(19(18)2)17-30-25-13-7-12-24(28(29)31)27(25)23-15-14-21(16-26(23)30)20-9-4-3-5-10-20/h3-16H,17H2,1-2H3,(H2,29,31). The van der Waals surface area contributed by atoms with E-state index in [1.165, 1.54) is 22.3 Å². The highest BCUT2D eigenvalue weighted by Crippen LogP contribution is 2.35. The third kappa shape index (κ3) is 3.19. The molecule has 0 radical (unpaired) electrons. The Labute approximate surface area is 181 Å². The maximum absolute atomic E-state index is 12.2. The Kier molecular flexibility index (Phi) is 4.59. The molecule has 0 unspecified atom stereocenters. The van der Waals surface area contributed by atoms with Gasteiger partial charge in [-0.3, -0.25) is 4.79 Å². The van der Waals surface area contributed by atoms with Crippen LogP contribution in [0.5, 0.6) is 0 Å². The van der Waals surface area contributed by atoms with Crippen molar-refractivity contribution in [2.75, 3.05) is 0 Å². The van der Waals surface area contributed by atoms with Crippen molar-refractivity contribution in [1.29, 1.82) is 0 Å². The van der Waals surface area contributed by atoms with Crippen LogP contribution in [-0.4, -0.2) is 10.5 Å². The van der Waals surface area contributed by atoms with Crippen LogP contribution in [0.3, 0.4) is 0 Å². The van der Waals surface area contributed by atoms with Crippen LogP contribution in [0.4, 0.5) is 0 Å². The number of amides is 1. The van der Waals surface area contributed by atoms with Gasteiger partial charge in [-0.05, 0) is 59.9 Å². The fourth-order valence-electron chi connectivity index (χ4n) is 4.48. The first-order valence-corrected chi connectivity index (χ1v) is 10.5. The Morgan fingerprint density at radius 2 is 1.58 bits per heavy atom. The molecule has 0 atom stereocenters. The van der Waals surface area contributed by atoms with Crippen molar-refractivity contribution < 1.29 is 4.79 Å². The summed E-state index contributed by atoms with van der Waals surface area (Å²) in [4.78, 5) is 12.2. The number of hydrogen-bond donors (Lipinski definition) is 1. The summed E-state index contributed by atoms with van der Waals surface area (Å²) in [7, 11) is 0. The fraction of sp³-hybridized carbons (Fsp3) is 0.107. The van der Waals surface area contributed by atoms with E-state index in [1.807, 2.05) is 18.2 Å². The van der Waals surface area contributed by atoms with Gasteiger partial charge in [0, 0.05) is 22.9 Å². The number of carbonyl (C=O) groups excluding carboxylic acids is 1. The summed E-state index contributed by atoms with van der Waals surface area (Å²) >= 11 is 0. The largest absolute Gasteiger partial charge is 0.366 e. The smallest absolute Gasteiger partial charge is 0.249 e. The lowest BCUT2D eigenvalue weighted by Gasteiger charge is -2.13. The van der Waals surface area contributed by atoms with Gasteiger partial charge in [0.15, 0.2) is 0 Å². The van der Waals surface area contributed by atoms with Crippen molar-refractivity contribution in [3.05, 3.63) is 107 Å². The lowest BCUT2D eigenvalue weighted by atomic mass is 10.0. The molecule has 5 rings (SSSR count). The Morgan fingerprint density at radius 3 is 2.35 bits per heavy atom. The van der Waals surface area contributed by atoms with Crippen LogP contribution in [0.25, 0.3) is 32.9 Å². The van der Waals surface area contributed by atoms with E-state index in [0.29, 0.717) is 5.56 Å². The van der Waals surface area contributed by atoms with Gasteiger partial charge in [-0.2, -0.15) is 0 Å². The molecule has 1 heterocycles. The minimum atomic E-state index is -0.400. The number of carbonyl (C=O) groups is 1. The summed E-state index contributed by atoms with van der Waals surface area (Å²) in [6.45, 7) is 5.04. The number of primary amides is 1. The Balaban J connectivity index is 1.83. The predicted molar refractivity (Wildman–Crippen MR) is 128 cm³/mol. The van der Waals surface area contributed by atoms with Gasteiger partial charge in [0.05, 0.1) is 11.0 Å². The molecule has 31 heavy (non-hydrogen) atoms. The zero-order valence-electron chi connectivity index (χ0n) is 17.7. The Bertz CT molecular complexity index is 1440. The third-order valence-corrected chi connectivity index (χ3v) is 6.31. The molecule has 1 aromatic heterocycles. The summed E-state index contributed by atoms with van der Waals surface area (Å²) in [5, 5.41) is 1.98. The van der Waals surface area contributed by atoms with Crippen LogP contribution in [0.15, 0.2) is 84.9 Å². The molecule has 4 aromatic carbocycles. The van der Waals surface area contributed by atoms with E-state index in [9.17, 15) is 4.79 Å². The number of aromatic nitrogens is 1. The van der Waals surface area contributed by atoms with E-state index in [-0.39, 0.29) is 0 Å². The first kappa shape index (κ1) is 19.1. The molecule has 0 aliphatic carbocycles. The summed E-state index contributed by atoms with van der Waals surface area (Å²) in [5.74, 6) is -0.400. The molecular weight excluding hydrogens is 380 g/mol. The molecular formula is C28H24N2O. The summed E-state index contributed by atoms with van der Waals surface area (Å²) in [5.41, 5.74) is 14.6. The summed E-state index contributed by atoms with van der Waals surface area (Å²) in [6, 6.07) is 29.1. The van der Waals surface area contributed by atoms with E-state index in [4.69, 9.17) is 5.73 Å². The molecule has 1 amide bonds. The number of nitrogens with zero attached hydrogens (tertiary/aromatic N) is 1. The minimum absolute atomic E-state index is 0.400. The Morgan fingerprint density at radius 1 is 0.806 bits per heavy atom. The molecule has 3 nitrogen and oxygen atoms in total. The van der Waals surface area contributed by atoms with Crippen LogP contribution in [0, 0.1) is 13.8 Å². The molecule has 0 fully saturated rings. The van der Waals surface area contributed by atoms with Gasteiger partial charge in [0.25, 0.3) is 0 Å².